The zero-order chi connectivity index (χ0) is 14.3. The molecule has 1 rings (SSSR count). The number of rotatable bonds is 7. The van der Waals surface area contributed by atoms with E-state index in [1.54, 1.807) is 14.2 Å². The van der Waals surface area contributed by atoms with Gasteiger partial charge < -0.3 is 20.7 Å². The van der Waals surface area contributed by atoms with E-state index in [1.807, 2.05) is 19.2 Å². The van der Waals surface area contributed by atoms with E-state index in [-0.39, 0.29) is 5.91 Å². The zero-order valence-corrected chi connectivity index (χ0v) is 11.9. The van der Waals surface area contributed by atoms with Crippen LogP contribution in [-0.4, -0.2) is 38.6 Å². The number of ether oxygens (including phenoxy) is 1. The Morgan fingerprint density at radius 2 is 2.21 bits per heavy atom. The Morgan fingerprint density at radius 3 is 2.79 bits per heavy atom. The van der Waals surface area contributed by atoms with Crippen molar-refractivity contribution in [1.29, 1.82) is 0 Å². The number of amides is 1. The second-order valence-electron chi connectivity index (χ2n) is 4.51. The monoisotopic (exact) mass is 265 g/mol. The molecule has 0 saturated carbocycles. The molecule has 0 aliphatic rings. The summed E-state index contributed by atoms with van der Waals surface area (Å²) in [6, 6.07) is 5.95. The molecule has 0 aromatic heterocycles. The third kappa shape index (κ3) is 4.89. The van der Waals surface area contributed by atoms with Gasteiger partial charge >= 0.3 is 0 Å². The normalized spacial score (nSPS) is 10.6. The summed E-state index contributed by atoms with van der Waals surface area (Å²) in [5, 5.41) is 2.62. The van der Waals surface area contributed by atoms with Crippen molar-refractivity contribution in [2.75, 3.05) is 27.7 Å². The van der Waals surface area contributed by atoms with Crippen LogP contribution in [-0.2, 0) is 17.9 Å². The van der Waals surface area contributed by atoms with Crippen molar-refractivity contribution in [2.45, 2.75) is 19.5 Å². The SMILES string of the molecule is CNC(=O)CCN(C)Cc1cc(CN)ccc1OC. The van der Waals surface area contributed by atoms with E-state index in [1.165, 1.54) is 0 Å². The summed E-state index contributed by atoms with van der Waals surface area (Å²) in [7, 11) is 5.29. The summed E-state index contributed by atoms with van der Waals surface area (Å²) in [6.07, 6.45) is 0.492. The van der Waals surface area contributed by atoms with Crippen LogP contribution in [0.1, 0.15) is 17.5 Å². The maximum atomic E-state index is 11.2. The molecule has 19 heavy (non-hydrogen) atoms. The molecule has 0 heterocycles. The summed E-state index contributed by atoms with van der Waals surface area (Å²) in [6.45, 7) is 1.95. The number of carbonyl (C=O) groups excluding carboxylic acids is 1. The van der Waals surface area contributed by atoms with Crippen molar-refractivity contribution in [3.63, 3.8) is 0 Å². The van der Waals surface area contributed by atoms with E-state index in [2.05, 4.69) is 16.3 Å². The summed E-state index contributed by atoms with van der Waals surface area (Å²) in [4.78, 5) is 13.3. The Balaban J connectivity index is 2.66. The molecule has 0 unspecified atom stereocenters. The lowest BCUT2D eigenvalue weighted by molar-refractivity contribution is -0.120. The van der Waals surface area contributed by atoms with E-state index in [4.69, 9.17) is 10.5 Å². The first-order valence-electron chi connectivity index (χ1n) is 6.35. The molecule has 0 spiro atoms. The number of carbonyl (C=O) groups is 1. The molecule has 1 amide bonds. The highest BCUT2D eigenvalue weighted by Crippen LogP contribution is 2.21. The van der Waals surface area contributed by atoms with Crippen molar-refractivity contribution in [3.8, 4) is 5.75 Å². The third-order valence-corrected chi connectivity index (χ3v) is 3.02. The average molecular weight is 265 g/mol. The van der Waals surface area contributed by atoms with Crippen molar-refractivity contribution in [3.05, 3.63) is 29.3 Å². The molecule has 0 atom stereocenters. The molecule has 0 aliphatic carbocycles. The molecular formula is C14H23N3O2. The number of nitrogens with one attached hydrogen (secondary N) is 1. The van der Waals surface area contributed by atoms with Crippen LogP contribution < -0.4 is 15.8 Å². The molecule has 0 fully saturated rings. The van der Waals surface area contributed by atoms with Gasteiger partial charge in [0.15, 0.2) is 0 Å². The van der Waals surface area contributed by atoms with Gasteiger partial charge in [-0.05, 0) is 24.7 Å². The zero-order valence-electron chi connectivity index (χ0n) is 11.9. The van der Waals surface area contributed by atoms with Gasteiger partial charge in [0.05, 0.1) is 7.11 Å². The van der Waals surface area contributed by atoms with Crippen LogP contribution in [0.5, 0.6) is 5.75 Å². The van der Waals surface area contributed by atoms with E-state index >= 15 is 0 Å². The Bertz CT molecular complexity index is 421. The van der Waals surface area contributed by atoms with Gasteiger partial charge in [0, 0.05) is 38.7 Å². The maximum Gasteiger partial charge on any atom is 0.221 e. The highest BCUT2D eigenvalue weighted by atomic mass is 16.5. The second kappa shape index (κ2) is 7.76. The maximum absolute atomic E-state index is 11.2. The summed E-state index contributed by atoms with van der Waals surface area (Å²) in [5.74, 6) is 0.901. The van der Waals surface area contributed by atoms with Crippen LogP contribution in [0.4, 0.5) is 0 Å². The van der Waals surface area contributed by atoms with Crippen molar-refractivity contribution >= 4 is 5.91 Å². The van der Waals surface area contributed by atoms with E-state index in [0.717, 1.165) is 23.4 Å². The van der Waals surface area contributed by atoms with Gasteiger partial charge in [-0.15, -0.1) is 0 Å². The Hall–Kier alpha value is -1.59. The highest BCUT2D eigenvalue weighted by molar-refractivity contribution is 5.75. The second-order valence-corrected chi connectivity index (χ2v) is 4.51. The first-order chi connectivity index (χ1) is 9.10. The lowest BCUT2D eigenvalue weighted by atomic mass is 10.1. The Labute approximate surface area is 114 Å². The lowest BCUT2D eigenvalue weighted by Crippen LogP contribution is -2.26. The van der Waals surface area contributed by atoms with Crippen LogP contribution in [0.3, 0.4) is 0 Å². The topological polar surface area (TPSA) is 67.6 Å². The van der Waals surface area contributed by atoms with Gasteiger partial charge in [0.25, 0.3) is 0 Å². The quantitative estimate of drug-likeness (QED) is 0.762. The largest absolute Gasteiger partial charge is 0.496 e. The Morgan fingerprint density at radius 1 is 1.47 bits per heavy atom. The number of nitrogens with two attached hydrogens (primary N) is 1. The van der Waals surface area contributed by atoms with Gasteiger partial charge in [-0.2, -0.15) is 0 Å². The van der Waals surface area contributed by atoms with E-state index in [0.29, 0.717) is 19.5 Å². The standard InChI is InChI=1S/C14H23N3O2/c1-16-14(18)6-7-17(2)10-12-8-11(9-15)4-5-13(12)19-3/h4-5,8H,6-7,9-10,15H2,1-3H3,(H,16,18). The molecule has 0 saturated heterocycles. The van der Waals surface area contributed by atoms with Gasteiger partial charge in [-0.1, -0.05) is 6.07 Å². The summed E-state index contributed by atoms with van der Waals surface area (Å²) in [5.41, 5.74) is 7.82. The molecule has 0 aliphatic heterocycles. The number of hydrogen-bond donors (Lipinski definition) is 2. The van der Waals surface area contributed by atoms with Crippen LogP contribution in [0.15, 0.2) is 18.2 Å². The minimum Gasteiger partial charge on any atom is -0.496 e. The molecular weight excluding hydrogens is 242 g/mol. The van der Waals surface area contributed by atoms with Crippen molar-refractivity contribution in [2.24, 2.45) is 5.73 Å². The molecule has 1 aromatic rings. The summed E-state index contributed by atoms with van der Waals surface area (Å²) >= 11 is 0. The van der Waals surface area contributed by atoms with E-state index in [9.17, 15) is 4.79 Å². The number of hydrogen-bond acceptors (Lipinski definition) is 4. The molecule has 106 valence electrons. The minimum absolute atomic E-state index is 0.0505. The fraction of sp³-hybridized carbons (Fsp3) is 0.500. The first-order valence-corrected chi connectivity index (χ1v) is 6.35. The van der Waals surface area contributed by atoms with Crippen molar-refractivity contribution in [1.82, 2.24) is 10.2 Å². The van der Waals surface area contributed by atoms with Crippen LogP contribution in [0, 0.1) is 0 Å². The molecule has 5 heteroatoms. The Kier molecular flexibility index (Phi) is 6.32. The molecule has 3 N–H and O–H groups in total. The molecule has 1 aromatic carbocycles. The molecule has 5 nitrogen and oxygen atoms in total. The van der Waals surface area contributed by atoms with Crippen LogP contribution in [0.25, 0.3) is 0 Å². The molecule has 0 bridgehead atoms. The van der Waals surface area contributed by atoms with Crippen LogP contribution >= 0.6 is 0 Å². The van der Waals surface area contributed by atoms with Crippen LogP contribution in [0.2, 0.25) is 0 Å². The minimum atomic E-state index is 0.0505. The predicted octanol–water partition coefficient (Wildman–Crippen LogP) is 0.722. The van der Waals surface area contributed by atoms with Gasteiger partial charge in [0.1, 0.15) is 5.75 Å². The predicted molar refractivity (Wildman–Crippen MR) is 75.9 cm³/mol. The third-order valence-electron chi connectivity index (χ3n) is 3.02. The average Bonchev–Trinajstić information content (AvgIpc) is 2.44. The number of benzene rings is 1. The van der Waals surface area contributed by atoms with Crippen molar-refractivity contribution < 1.29 is 9.53 Å². The number of methoxy groups -OCH3 is 1. The van der Waals surface area contributed by atoms with Gasteiger partial charge in [0.2, 0.25) is 5.91 Å². The van der Waals surface area contributed by atoms with Gasteiger partial charge in [-0.25, -0.2) is 0 Å². The fourth-order valence-electron chi connectivity index (χ4n) is 1.87. The molecule has 0 radical (unpaired) electrons. The number of nitrogens with zero attached hydrogens (tertiary/aromatic N) is 1. The van der Waals surface area contributed by atoms with Gasteiger partial charge in [-0.3, -0.25) is 4.79 Å². The highest BCUT2D eigenvalue weighted by Gasteiger charge is 2.08. The fourth-order valence-corrected chi connectivity index (χ4v) is 1.87. The summed E-state index contributed by atoms with van der Waals surface area (Å²) < 4.78 is 5.35. The smallest absolute Gasteiger partial charge is 0.221 e. The van der Waals surface area contributed by atoms with E-state index < -0.39 is 0 Å². The first kappa shape index (κ1) is 15.5. The lowest BCUT2D eigenvalue weighted by Gasteiger charge is -2.18.